The van der Waals surface area contributed by atoms with Crippen LogP contribution in [0.2, 0.25) is 0 Å². The number of Topliss-reactive ketones (excluding diaryl/α,β-unsaturated/α-hetero) is 1. The highest BCUT2D eigenvalue weighted by Gasteiger charge is 2.44. The summed E-state index contributed by atoms with van der Waals surface area (Å²) in [6.45, 7) is 0. The normalized spacial score (nSPS) is 28.9. The lowest BCUT2D eigenvalue weighted by Gasteiger charge is -2.17. The van der Waals surface area contributed by atoms with Crippen LogP contribution in [0.15, 0.2) is 36.7 Å². The molecular formula is C16H15NO2. The number of ketones is 1. The van der Waals surface area contributed by atoms with E-state index in [2.05, 4.69) is 4.98 Å². The highest BCUT2D eigenvalue weighted by molar-refractivity contribution is 6.09. The third kappa shape index (κ3) is 1.69. The molecule has 1 aromatic carbocycles. The second kappa shape index (κ2) is 4.14. The number of benzene rings is 1. The van der Waals surface area contributed by atoms with E-state index in [4.69, 9.17) is 4.74 Å². The highest BCUT2D eigenvalue weighted by atomic mass is 16.5. The van der Waals surface area contributed by atoms with Gasteiger partial charge in [-0.15, -0.1) is 0 Å². The largest absolute Gasteiger partial charge is 0.374 e. The summed E-state index contributed by atoms with van der Waals surface area (Å²) < 4.78 is 5.80. The number of carbonyl (C=O) groups is 1. The molecule has 3 atom stereocenters. The van der Waals surface area contributed by atoms with E-state index < -0.39 is 0 Å². The number of aromatic nitrogens is 1. The molecule has 19 heavy (non-hydrogen) atoms. The SMILES string of the molecule is O=C(c1cncc2ccccc12)C1CC2CCC1O2. The van der Waals surface area contributed by atoms with E-state index in [0.29, 0.717) is 6.10 Å². The van der Waals surface area contributed by atoms with Crippen LogP contribution >= 0.6 is 0 Å². The Bertz CT molecular complexity index is 647. The summed E-state index contributed by atoms with van der Waals surface area (Å²) in [6.07, 6.45) is 6.98. The molecule has 2 aliphatic rings. The lowest BCUT2D eigenvalue weighted by Crippen LogP contribution is -2.25. The first-order valence-corrected chi connectivity index (χ1v) is 6.85. The first kappa shape index (κ1) is 11.1. The van der Waals surface area contributed by atoms with Gasteiger partial charge in [0.2, 0.25) is 0 Å². The molecule has 2 fully saturated rings. The summed E-state index contributed by atoms with van der Waals surface area (Å²) in [7, 11) is 0. The molecular weight excluding hydrogens is 238 g/mol. The molecule has 1 aromatic heterocycles. The summed E-state index contributed by atoms with van der Waals surface area (Å²) in [6, 6.07) is 7.93. The molecule has 2 aliphatic heterocycles. The highest BCUT2D eigenvalue weighted by Crippen LogP contribution is 2.40. The number of rotatable bonds is 2. The van der Waals surface area contributed by atoms with Gasteiger partial charge in [0.05, 0.1) is 18.1 Å². The molecule has 2 bridgehead atoms. The molecule has 96 valence electrons. The Labute approximate surface area is 111 Å². The molecule has 0 N–H and O–H groups in total. The number of nitrogens with zero attached hydrogens (tertiary/aromatic N) is 1. The van der Waals surface area contributed by atoms with Crippen molar-refractivity contribution < 1.29 is 9.53 Å². The lowest BCUT2D eigenvalue weighted by atomic mass is 9.83. The van der Waals surface area contributed by atoms with Crippen LogP contribution in [0, 0.1) is 5.92 Å². The van der Waals surface area contributed by atoms with Gasteiger partial charge in [-0.1, -0.05) is 24.3 Å². The van der Waals surface area contributed by atoms with Crippen molar-refractivity contribution in [3.8, 4) is 0 Å². The lowest BCUT2D eigenvalue weighted by molar-refractivity contribution is 0.0744. The molecule has 0 aliphatic carbocycles. The van der Waals surface area contributed by atoms with Crippen LogP contribution in [0.25, 0.3) is 10.8 Å². The van der Waals surface area contributed by atoms with E-state index in [9.17, 15) is 4.79 Å². The first-order chi connectivity index (χ1) is 9.33. The van der Waals surface area contributed by atoms with Crippen LogP contribution in [0.5, 0.6) is 0 Å². The molecule has 3 unspecified atom stereocenters. The maximum absolute atomic E-state index is 12.7. The average Bonchev–Trinajstić information content (AvgIpc) is 3.08. The smallest absolute Gasteiger partial charge is 0.170 e. The predicted molar refractivity (Wildman–Crippen MR) is 72.1 cm³/mol. The second-order valence-electron chi connectivity index (χ2n) is 5.49. The maximum Gasteiger partial charge on any atom is 0.170 e. The van der Waals surface area contributed by atoms with Crippen LogP contribution in [-0.2, 0) is 4.74 Å². The number of hydrogen-bond donors (Lipinski definition) is 0. The van der Waals surface area contributed by atoms with Crippen LogP contribution in [-0.4, -0.2) is 23.0 Å². The van der Waals surface area contributed by atoms with Gasteiger partial charge in [0.15, 0.2) is 5.78 Å². The summed E-state index contributed by atoms with van der Waals surface area (Å²) >= 11 is 0. The monoisotopic (exact) mass is 253 g/mol. The fourth-order valence-corrected chi connectivity index (χ4v) is 3.43. The summed E-state index contributed by atoms with van der Waals surface area (Å²) in [4.78, 5) is 16.9. The molecule has 3 heterocycles. The fraction of sp³-hybridized carbons (Fsp3) is 0.375. The zero-order chi connectivity index (χ0) is 12.8. The zero-order valence-electron chi connectivity index (χ0n) is 10.6. The Morgan fingerprint density at radius 1 is 1.21 bits per heavy atom. The van der Waals surface area contributed by atoms with Crippen LogP contribution in [0.1, 0.15) is 29.6 Å². The third-order valence-corrected chi connectivity index (χ3v) is 4.38. The van der Waals surface area contributed by atoms with E-state index in [0.717, 1.165) is 35.6 Å². The summed E-state index contributed by atoms with van der Waals surface area (Å²) in [5.41, 5.74) is 0.749. The molecule has 2 saturated heterocycles. The summed E-state index contributed by atoms with van der Waals surface area (Å²) in [5, 5.41) is 2.03. The fourth-order valence-electron chi connectivity index (χ4n) is 3.43. The second-order valence-corrected chi connectivity index (χ2v) is 5.49. The number of hydrogen-bond acceptors (Lipinski definition) is 3. The van der Waals surface area contributed by atoms with Crippen molar-refractivity contribution in [2.45, 2.75) is 31.5 Å². The number of ether oxygens (including phenoxy) is 1. The standard InChI is InChI=1S/C16H15NO2/c18-16(13-7-11-5-6-15(13)19-11)14-9-17-8-10-3-1-2-4-12(10)14/h1-4,8-9,11,13,15H,5-7H2. The quantitative estimate of drug-likeness (QED) is 0.772. The molecule has 0 amide bonds. The zero-order valence-corrected chi connectivity index (χ0v) is 10.6. The Kier molecular flexibility index (Phi) is 2.42. The number of fused-ring (bicyclic) bond motifs is 3. The molecule has 2 aromatic rings. The van der Waals surface area contributed by atoms with Crippen molar-refractivity contribution in [1.29, 1.82) is 0 Å². The van der Waals surface area contributed by atoms with Crippen LogP contribution < -0.4 is 0 Å². The van der Waals surface area contributed by atoms with Crippen molar-refractivity contribution in [1.82, 2.24) is 4.98 Å². The van der Waals surface area contributed by atoms with Crippen molar-refractivity contribution >= 4 is 16.6 Å². The molecule has 0 saturated carbocycles. The first-order valence-electron chi connectivity index (χ1n) is 6.85. The van der Waals surface area contributed by atoms with Crippen molar-refractivity contribution in [3.63, 3.8) is 0 Å². The van der Waals surface area contributed by atoms with Gasteiger partial charge >= 0.3 is 0 Å². The molecule has 3 heteroatoms. The minimum absolute atomic E-state index is 0.0337. The van der Waals surface area contributed by atoms with Crippen molar-refractivity contribution in [3.05, 3.63) is 42.2 Å². The minimum Gasteiger partial charge on any atom is -0.374 e. The van der Waals surface area contributed by atoms with Gasteiger partial charge in [-0.3, -0.25) is 9.78 Å². The Morgan fingerprint density at radius 2 is 2.11 bits per heavy atom. The molecule has 4 rings (SSSR count). The van der Waals surface area contributed by atoms with Gasteiger partial charge in [0.1, 0.15) is 0 Å². The Morgan fingerprint density at radius 3 is 2.89 bits per heavy atom. The summed E-state index contributed by atoms with van der Waals surface area (Å²) in [5.74, 6) is 0.239. The van der Waals surface area contributed by atoms with Gasteiger partial charge in [-0.25, -0.2) is 0 Å². The van der Waals surface area contributed by atoms with Gasteiger partial charge in [-0.05, 0) is 24.6 Å². The Balaban J connectivity index is 1.76. The Hall–Kier alpha value is -1.74. The molecule has 3 nitrogen and oxygen atoms in total. The van der Waals surface area contributed by atoms with Crippen molar-refractivity contribution in [2.24, 2.45) is 5.92 Å². The van der Waals surface area contributed by atoms with Gasteiger partial charge in [0.25, 0.3) is 0 Å². The molecule has 0 spiro atoms. The number of pyridine rings is 1. The maximum atomic E-state index is 12.7. The van der Waals surface area contributed by atoms with E-state index in [1.54, 1.807) is 6.20 Å². The van der Waals surface area contributed by atoms with E-state index in [1.165, 1.54) is 0 Å². The third-order valence-electron chi connectivity index (χ3n) is 4.38. The van der Waals surface area contributed by atoms with Crippen molar-refractivity contribution in [2.75, 3.05) is 0 Å². The predicted octanol–water partition coefficient (Wildman–Crippen LogP) is 2.99. The number of carbonyl (C=O) groups excluding carboxylic acids is 1. The molecule has 0 radical (unpaired) electrons. The van der Waals surface area contributed by atoms with Crippen LogP contribution in [0.3, 0.4) is 0 Å². The van der Waals surface area contributed by atoms with E-state index in [1.807, 2.05) is 30.5 Å². The van der Waals surface area contributed by atoms with Crippen LogP contribution in [0.4, 0.5) is 0 Å². The van der Waals surface area contributed by atoms with E-state index in [-0.39, 0.29) is 17.8 Å². The topological polar surface area (TPSA) is 39.2 Å². The van der Waals surface area contributed by atoms with Gasteiger partial charge in [0, 0.05) is 23.3 Å². The van der Waals surface area contributed by atoms with E-state index >= 15 is 0 Å². The minimum atomic E-state index is 0.0337. The average molecular weight is 253 g/mol. The van der Waals surface area contributed by atoms with Gasteiger partial charge in [-0.2, -0.15) is 0 Å². The van der Waals surface area contributed by atoms with Gasteiger partial charge < -0.3 is 4.74 Å².